The van der Waals surface area contributed by atoms with E-state index in [4.69, 9.17) is 10.5 Å². The van der Waals surface area contributed by atoms with E-state index in [1.807, 2.05) is 30.3 Å². The zero-order valence-corrected chi connectivity index (χ0v) is 18.0. The van der Waals surface area contributed by atoms with Gasteiger partial charge in [-0.3, -0.25) is 9.89 Å². The number of rotatable bonds is 8. The molecule has 0 amide bonds. The summed E-state index contributed by atoms with van der Waals surface area (Å²) in [5, 5.41) is 3.17. The molecule has 26 heavy (non-hydrogen) atoms. The molecule has 2 aromatic carbocycles. The lowest BCUT2D eigenvalue weighted by Gasteiger charge is -2.23. The third kappa shape index (κ3) is 7.31. The molecule has 142 valence electrons. The Morgan fingerprint density at radius 3 is 2.50 bits per heavy atom. The lowest BCUT2D eigenvalue weighted by molar-refractivity contribution is 0.185. The standard InChI is InChI=1S/C20H28N4O.HI/c1-16(24(2)14-17-9-5-4-6-10-17)13-22-20(21)23-19-12-8-7-11-18(19)15-25-3;/h4-12,16H,13-15H2,1-3H3,(H3,21,22,23);1H. The van der Waals surface area contributed by atoms with E-state index in [1.54, 1.807) is 7.11 Å². The van der Waals surface area contributed by atoms with Crippen LogP contribution in [0.25, 0.3) is 0 Å². The zero-order chi connectivity index (χ0) is 18.1. The van der Waals surface area contributed by atoms with Gasteiger partial charge in [0, 0.05) is 30.9 Å². The third-order valence-corrected chi connectivity index (χ3v) is 4.13. The first-order valence-corrected chi connectivity index (χ1v) is 8.48. The summed E-state index contributed by atoms with van der Waals surface area (Å²) in [4.78, 5) is 6.75. The summed E-state index contributed by atoms with van der Waals surface area (Å²) >= 11 is 0. The molecule has 2 rings (SSSR count). The monoisotopic (exact) mass is 468 g/mol. The molecule has 5 nitrogen and oxygen atoms in total. The lowest BCUT2D eigenvalue weighted by Crippen LogP contribution is -2.33. The fourth-order valence-corrected chi connectivity index (χ4v) is 2.50. The number of ether oxygens (including phenoxy) is 1. The van der Waals surface area contributed by atoms with Gasteiger partial charge in [-0.05, 0) is 25.6 Å². The van der Waals surface area contributed by atoms with Crippen molar-refractivity contribution in [1.29, 1.82) is 0 Å². The van der Waals surface area contributed by atoms with Gasteiger partial charge in [0.25, 0.3) is 0 Å². The van der Waals surface area contributed by atoms with E-state index in [0.29, 0.717) is 19.1 Å². The molecule has 1 unspecified atom stereocenters. The summed E-state index contributed by atoms with van der Waals surface area (Å²) in [7, 11) is 3.78. The SMILES string of the molecule is COCc1ccccc1NC(N)=NCC(C)N(C)Cc1ccccc1.I. The topological polar surface area (TPSA) is 62.9 Å². The molecule has 0 fully saturated rings. The van der Waals surface area contributed by atoms with Gasteiger partial charge in [-0.25, -0.2) is 0 Å². The first kappa shape index (κ1) is 22.4. The van der Waals surface area contributed by atoms with Crippen LogP contribution in [0, 0.1) is 0 Å². The van der Waals surface area contributed by atoms with Crippen molar-refractivity contribution in [2.45, 2.75) is 26.1 Å². The predicted octanol–water partition coefficient (Wildman–Crippen LogP) is 3.70. The highest BCUT2D eigenvalue weighted by Crippen LogP contribution is 2.15. The van der Waals surface area contributed by atoms with Gasteiger partial charge in [0.2, 0.25) is 0 Å². The van der Waals surface area contributed by atoms with Crippen LogP contribution in [0.4, 0.5) is 5.69 Å². The van der Waals surface area contributed by atoms with E-state index in [2.05, 4.69) is 53.4 Å². The van der Waals surface area contributed by atoms with Gasteiger partial charge in [0.05, 0.1) is 13.2 Å². The Balaban J connectivity index is 0.00000338. The first-order chi connectivity index (χ1) is 12.1. The molecule has 0 aromatic heterocycles. The van der Waals surface area contributed by atoms with Gasteiger partial charge in [-0.1, -0.05) is 48.5 Å². The molecule has 1 atom stereocenters. The maximum Gasteiger partial charge on any atom is 0.193 e. The summed E-state index contributed by atoms with van der Waals surface area (Å²) in [6, 6.07) is 18.6. The van der Waals surface area contributed by atoms with Crippen molar-refractivity contribution in [2.24, 2.45) is 10.7 Å². The number of likely N-dealkylation sites (N-methyl/N-ethyl adjacent to an activating group) is 1. The molecule has 0 aliphatic rings. The summed E-state index contributed by atoms with van der Waals surface area (Å²) in [5.41, 5.74) is 9.32. The van der Waals surface area contributed by atoms with Crippen LogP contribution >= 0.6 is 24.0 Å². The minimum atomic E-state index is 0. The zero-order valence-electron chi connectivity index (χ0n) is 15.7. The second-order valence-corrected chi connectivity index (χ2v) is 6.19. The van der Waals surface area contributed by atoms with Crippen LogP contribution in [0.5, 0.6) is 0 Å². The summed E-state index contributed by atoms with van der Waals surface area (Å²) in [6.07, 6.45) is 0. The van der Waals surface area contributed by atoms with E-state index >= 15 is 0 Å². The van der Waals surface area contributed by atoms with Crippen molar-refractivity contribution in [3.05, 3.63) is 65.7 Å². The van der Waals surface area contributed by atoms with E-state index in [0.717, 1.165) is 17.8 Å². The van der Waals surface area contributed by atoms with Crippen molar-refractivity contribution >= 4 is 35.6 Å². The fourth-order valence-electron chi connectivity index (χ4n) is 2.50. The van der Waals surface area contributed by atoms with E-state index < -0.39 is 0 Å². The number of nitrogens with two attached hydrogens (primary N) is 1. The molecule has 6 heteroatoms. The van der Waals surface area contributed by atoms with Crippen LogP contribution in [0.3, 0.4) is 0 Å². The Morgan fingerprint density at radius 1 is 1.15 bits per heavy atom. The number of methoxy groups -OCH3 is 1. The fraction of sp³-hybridized carbons (Fsp3) is 0.350. The number of benzene rings is 2. The van der Waals surface area contributed by atoms with Crippen LogP contribution in [-0.2, 0) is 17.9 Å². The number of nitrogens with one attached hydrogen (secondary N) is 1. The quantitative estimate of drug-likeness (QED) is 0.353. The molecular weight excluding hydrogens is 439 g/mol. The molecule has 0 heterocycles. The molecule has 3 N–H and O–H groups in total. The van der Waals surface area contributed by atoms with Crippen molar-refractivity contribution in [2.75, 3.05) is 26.0 Å². The number of hydrogen-bond acceptors (Lipinski definition) is 3. The number of anilines is 1. The second kappa shape index (κ2) is 11.9. The molecule has 0 aliphatic carbocycles. The molecule has 0 spiro atoms. The van der Waals surface area contributed by atoms with Crippen LogP contribution in [0.15, 0.2) is 59.6 Å². The highest BCUT2D eigenvalue weighted by atomic mass is 127. The average molecular weight is 468 g/mol. The molecular formula is C20H29IN4O. The summed E-state index contributed by atoms with van der Waals surface area (Å²) < 4.78 is 5.21. The minimum Gasteiger partial charge on any atom is -0.380 e. The molecule has 0 aliphatic heterocycles. The Labute approximate surface area is 173 Å². The lowest BCUT2D eigenvalue weighted by atomic mass is 10.2. The largest absolute Gasteiger partial charge is 0.380 e. The Morgan fingerprint density at radius 2 is 1.81 bits per heavy atom. The minimum absolute atomic E-state index is 0. The number of aliphatic imine (C=N–C) groups is 1. The van der Waals surface area contributed by atoms with Crippen LogP contribution < -0.4 is 11.1 Å². The van der Waals surface area contributed by atoms with Crippen molar-refractivity contribution in [3.63, 3.8) is 0 Å². The van der Waals surface area contributed by atoms with Crippen molar-refractivity contribution < 1.29 is 4.74 Å². The highest BCUT2D eigenvalue weighted by molar-refractivity contribution is 14.0. The van der Waals surface area contributed by atoms with Gasteiger partial charge in [-0.2, -0.15) is 0 Å². The van der Waals surface area contributed by atoms with E-state index in [-0.39, 0.29) is 30.0 Å². The summed E-state index contributed by atoms with van der Waals surface area (Å²) in [6.45, 7) is 4.21. The van der Waals surface area contributed by atoms with Gasteiger partial charge < -0.3 is 15.8 Å². The molecule has 0 radical (unpaired) electrons. The number of para-hydroxylation sites is 1. The maximum absolute atomic E-state index is 6.05. The van der Waals surface area contributed by atoms with Crippen molar-refractivity contribution in [3.8, 4) is 0 Å². The van der Waals surface area contributed by atoms with Gasteiger partial charge >= 0.3 is 0 Å². The average Bonchev–Trinajstić information content (AvgIpc) is 2.62. The van der Waals surface area contributed by atoms with Gasteiger partial charge in [0.1, 0.15) is 0 Å². The number of hydrogen-bond donors (Lipinski definition) is 2. The second-order valence-electron chi connectivity index (χ2n) is 6.19. The maximum atomic E-state index is 6.05. The van der Waals surface area contributed by atoms with E-state index in [9.17, 15) is 0 Å². The molecule has 2 aromatic rings. The molecule has 0 bridgehead atoms. The summed E-state index contributed by atoms with van der Waals surface area (Å²) in [5.74, 6) is 0.420. The number of guanidine groups is 1. The van der Waals surface area contributed by atoms with Gasteiger partial charge in [-0.15, -0.1) is 24.0 Å². The normalized spacial score (nSPS) is 12.5. The molecule has 0 saturated carbocycles. The third-order valence-electron chi connectivity index (χ3n) is 4.13. The molecule has 0 saturated heterocycles. The Kier molecular flexibility index (Phi) is 10.2. The number of nitrogens with zero attached hydrogens (tertiary/aromatic N) is 2. The van der Waals surface area contributed by atoms with Crippen molar-refractivity contribution in [1.82, 2.24) is 4.90 Å². The predicted molar refractivity (Wildman–Crippen MR) is 120 cm³/mol. The Bertz CT molecular complexity index is 679. The number of halogens is 1. The van der Waals surface area contributed by atoms with Crippen LogP contribution in [-0.4, -0.2) is 37.6 Å². The first-order valence-electron chi connectivity index (χ1n) is 8.48. The Hall–Kier alpha value is -1.64. The van der Waals surface area contributed by atoms with Crippen LogP contribution in [0.2, 0.25) is 0 Å². The van der Waals surface area contributed by atoms with E-state index in [1.165, 1.54) is 5.56 Å². The smallest absolute Gasteiger partial charge is 0.193 e. The van der Waals surface area contributed by atoms with Gasteiger partial charge in [0.15, 0.2) is 5.96 Å². The van der Waals surface area contributed by atoms with Crippen LogP contribution in [0.1, 0.15) is 18.1 Å². The highest BCUT2D eigenvalue weighted by Gasteiger charge is 2.09.